The van der Waals surface area contributed by atoms with Gasteiger partial charge in [0, 0.05) is 30.2 Å². The SMILES string of the molecule is O=C(N[C@@H]1C[C@H]1C1=CC=CC2=CCC3=C(CCCO3)C21)C1CC1. The predicted octanol–water partition coefficient (Wildman–Crippen LogP) is 3.41. The molecular formula is C20H23NO2. The minimum atomic E-state index is 0.282. The second kappa shape index (κ2) is 5.12. The summed E-state index contributed by atoms with van der Waals surface area (Å²) in [6.07, 6.45) is 15.6. The van der Waals surface area contributed by atoms with Crippen LogP contribution in [0.15, 0.2) is 46.8 Å². The van der Waals surface area contributed by atoms with Crippen molar-refractivity contribution < 1.29 is 9.53 Å². The van der Waals surface area contributed by atoms with E-state index in [-0.39, 0.29) is 5.91 Å². The van der Waals surface area contributed by atoms with E-state index >= 15 is 0 Å². The Morgan fingerprint density at radius 1 is 1.30 bits per heavy atom. The third kappa shape index (κ3) is 2.37. The summed E-state index contributed by atoms with van der Waals surface area (Å²) >= 11 is 0. The summed E-state index contributed by atoms with van der Waals surface area (Å²) in [6.45, 7) is 0.868. The van der Waals surface area contributed by atoms with E-state index in [9.17, 15) is 4.79 Å². The van der Waals surface area contributed by atoms with Crippen molar-refractivity contribution in [2.24, 2.45) is 17.8 Å². The first-order valence-electron chi connectivity index (χ1n) is 9.04. The van der Waals surface area contributed by atoms with Crippen LogP contribution >= 0.6 is 0 Å². The molecule has 3 heteroatoms. The van der Waals surface area contributed by atoms with Gasteiger partial charge >= 0.3 is 0 Å². The highest BCUT2D eigenvalue weighted by Gasteiger charge is 2.47. The van der Waals surface area contributed by atoms with Crippen LogP contribution in [0.3, 0.4) is 0 Å². The molecule has 3 atom stereocenters. The zero-order chi connectivity index (χ0) is 15.4. The lowest BCUT2D eigenvalue weighted by Crippen LogP contribution is -2.29. The molecule has 1 unspecified atom stereocenters. The summed E-state index contributed by atoms with van der Waals surface area (Å²) in [5.74, 6) is 2.74. The number of carbonyl (C=O) groups excluding carboxylic acids is 1. The Labute approximate surface area is 137 Å². The smallest absolute Gasteiger partial charge is 0.223 e. The molecule has 0 spiro atoms. The van der Waals surface area contributed by atoms with Crippen LogP contribution in [-0.4, -0.2) is 18.6 Å². The number of fused-ring (bicyclic) bond motifs is 2. The van der Waals surface area contributed by atoms with Gasteiger partial charge in [0.2, 0.25) is 5.91 Å². The largest absolute Gasteiger partial charge is 0.498 e. The molecule has 0 bridgehead atoms. The maximum Gasteiger partial charge on any atom is 0.223 e. The molecule has 0 aromatic rings. The summed E-state index contributed by atoms with van der Waals surface area (Å²) in [5.41, 5.74) is 4.44. The maximum atomic E-state index is 12.0. The van der Waals surface area contributed by atoms with Crippen LogP contribution in [0.2, 0.25) is 0 Å². The molecule has 0 saturated heterocycles. The summed E-state index contributed by atoms with van der Waals surface area (Å²) in [4.78, 5) is 12.0. The lowest BCUT2D eigenvalue weighted by atomic mass is 9.73. The zero-order valence-corrected chi connectivity index (χ0v) is 13.4. The number of nitrogens with one attached hydrogen (secondary N) is 1. The number of hydrogen-bond acceptors (Lipinski definition) is 2. The van der Waals surface area contributed by atoms with E-state index in [1.807, 2.05) is 0 Å². The average molecular weight is 309 g/mol. The molecule has 5 rings (SSSR count). The van der Waals surface area contributed by atoms with Gasteiger partial charge in [0.1, 0.15) is 0 Å². The van der Waals surface area contributed by atoms with Crippen LogP contribution < -0.4 is 5.32 Å². The van der Waals surface area contributed by atoms with Gasteiger partial charge in [0.05, 0.1) is 12.4 Å². The first-order chi connectivity index (χ1) is 11.3. The Bertz CT molecular complexity index is 678. The van der Waals surface area contributed by atoms with Gasteiger partial charge in [-0.1, -0.05) is 29.9 Å². The van der Waals surface area contributed by atoms with E-state index in [0.29, 0.717) is 23.8 Å². The second-order valence-corrected chi connectivity index (χ2v) is 7.50. The lowest BCUT2D eigenvalue weighted by molar-refractivity contribution is -0.122. The molecule has 5 aliphatic rings. The molecule has 0 radical (unpaired) electrons. The number of ether oxygens (including phenoxy) is 1. The Morgan fingerprint density at radius 3 is 3.09 bits per heavy atom. The first kappa shape index (κ1) is 13.6. The summed E-state index contributed by atoms with van der Waals surface area (Å²) < 4.78 is 5.92. The highest BCUT2D eigenvalue weighted by molar-refractivity contribution is 5.81. The molecule has 1 N–H and O–H groups in total. The fourth-order valence-electron chi connectivity index (χ4n) is 4.35. The second-order valence-electron chi connectivity index (χ2n) is 7.50. The number of amides is 1. The van der Waals surface area contributed by atoms with Gasteiger partial charge in [0.15, 0.2) is 0 Å². The van der Waals surface area contributed by atoms with Crippen LogP contribution in [0.4, 0.5) is 0 Å². The summed E-state index contributed by atoms with van der Waals surface area (Å²) in [6, 6.07) is 0.359. The van der Waals surface area contributed by atoms with Crippen LogP contribution in [0.5, 0.6) is 0 Å². The predicted molar refractivity (Wildman–Crippen MR) is 88.4 cm³/mol. The molecular weight excluding hydrogens is 286 g/mol. The van der Waals surface area contributed by atoms with E-state index in [1.165, 1.54) is 22.5 Å². The quantitative estimate of drug-likeness (QED) is 0.867. The molecule has 23 heavy (non-hydrogen) atoms. The van der Waals surface area contributed by atoms with Crippen molar-refractivity contribution >= 4 is 5.91 Å². The third-order valence-corrected chi connectivity index (χ3v) is 5.83. The molecule has 120 valence electrons. The Hall–Kier alpha value is -1.77. The fraction of sp³-hybridized carbons (Fsp3) is 0.550. The monoisotopic (exact) mass is 309 g/mol. The molecule has 2 saturated carbocycles. The third-order valence-electron chi connectivity index (χ3n) is 5.83. The van der Waals surface area contributed by atoms with E-state index in [2.05, 4.69) is 29.6 Å². The van der Waals surface area contributed by atoms with Gasteiger partial charge < -0.3 is 10.1 Å². The van der Waals surface area contributed by atoms with Crippen LogP contribution in [0, 0.1) is 17.8 Å². The highest BCUT2D eigenvalue weighted by atomic mass is 16.5. The molecule has 3 nitrogen and oxygen atoms in total. The molecule has 1 amide bonds. The van der Waals surface area contributed by atoms with Crippen LogP contribution in [0.25, 0.3) is 0 Å². The zero-order valence-electron chi connectivity index (χ0n) is 13.4. The van der Waals surface area contributed by atoms with Gasteiger partial charge in [-0.3, -0.25) is 4.79 Å². The lowest BCUT2D eigenvalue weighted by Gasteiger charge is -2.35. The number of allylic oxidation sites excluding steroid dienone is 6. The minimum absolute atomic E-state index is 0.282. The van der Waals surface area contributed by atoms with Crippen LogP contribution in [0.1, 0.15) is 38.5 Å². The number of rotatable bonds is 3. The van der Waals surface area contributed by atoms with Crippen molar-refractivity contribution in [3.05, 3.63) is 46.8 Å². The fourth-order valence-corrected chi connectivity index (χ4v) is 4.35. The normalized spacial score (nSPS) is 34.7. The number of carbonyl (C=O) groups is 1. The van der Waals surface area contributed by atoms with Gasteiger partial charge in [-0.15, -0.1) is 0 Å². The van der Waals surface area contributed by atoms with E-state index in [1.54, 1.807) is 0 Å². The van der Waals surface area contributed by atoms with Crippen molar-refractivity contribution in [1.29, 1.82) is 0 Å². The Morgan fingerprint density at radius 2 is 2.22 bits per heavy atom. The summed E-state index contributed by atoms with van der Waals surface area (Å²) in [7, 11) is 0. The minimum Gasteiger partial charge on any atom is -0.498 e. The van der Waals surface area contributed by atoms with Crippen molar-refractivity contribution in [2.75, 3.05) is 6.61 Å². The molecule has 0 aromatic heterocycles. The number of hydrogen-bond donors (Lipinski definition) is 1. The van der Waals surface area contributed by atoms with Gasteiger partial charge in [-0.25, -0.2) is 0 Å². The topological polar surface area (TPSA) is 38.3 Å². The molecule has 1 aliphatic heterocycles. The van der Waals surface area contributed by atoms with Crippen molar-refractivity contribution in [2.45, 2.75) is 44.6 Å². The van der Waals surface area contributed by atoms with E-state index < -0.39 is 0 Å². The van der Waals surface area contributed by atoms with Crippen molar-refractivity contribution in [3.63, 3.8) is 0 Å². The van der Waals surface area contributed by atoms with E-state index in [0.717, 1.165) is 45.1 Å². The van der Waals surface area contributed by atoms with Crippen molar-refractivity contribution in [1.82, 2.24) is 5.32 Å². The van der Waals surface area contributed by atoms with Gasteiger partial charge in [0.25, 0.3) is 0 Å². The Balaban J connectivity index is 1.37. The Kier molecular flexibility index (Phi) is 3.04. The maximum absolute atomic E-state index is 12.0. The molecule has 1 heterocycles. The average Bonchev–Trinajstić information content (AvgIpc) is 3.48. The molecule has 2 fully saturated rings. The molecule has 4 aliphatic carbocycles. The first-order valence-corrected chi connectivity index (χ1v) is 9.04. The van der Waals surface area contributed by atoms with E-state index in [4.69, 9.17) is 4.74 Å². The highest BCUT2D eigenvalue weighted by Crippen LogP contribution is 2.50. The van der Waals surface area contributed by atoms with Gasteiger partial charge in [-0.05, 0) is 43.3 Å². The molecule has 0 aromatic carbocycles. The van der Waals surface area contributed by atoms with Crippen molar-refractivity contribution in [3.8, 4) is 0 Å². The summed E-state index contributed by atoms with van der Waals surface area (Å²) in [5, 5.41) is 3.26. The van der Waals surface area contributed by atoms with Crippen LogP contribution in [-0.2, 0) is 9.53 Å². The standard InChI is InChI=1S/C20H23NO2/c22-20(13-6-7-13)21-17-11-16(17)14-4-1-3-12-8-9-18-15(19(12)14)5-2-10-23-18/h1,3-4,8,13,16-17,19H,2,5-7,9-11H2,(H,21,22)/t16-,17+,19?/m0/s1. The van der Waals surface area contributed by atoms with Gasteiger partial charge in [-0.2, -0.15) is 0 Å².